The van der Waals surface area contributed by atoms with E-state index in [9.17, 15) is 9.59 Å². The van der Waals surface area contributed by atoms with E-state index in [1.165, 1.54) is 17.0 Å². The van der Waals surface area contributed by atoms with Crippen molar-refractivity contribution in [1.29, 1.82) is 0 Å². The SMILES string of the molecule is CC1CN(C(=O)c2ccc(Cl)nn2)CC1C(=O)O. The molecule has 2 atom stereocenters. The second-order valence-corrected chi connectivity index (χ2v) is 4.76. The van der Waals surface area contributed by atoms with Gasteiger partial charge in [-0.05, 0) is 18.1 Å². The predicted molar refractivity (Wildman–Crippen MR) is 63.2 cm³/mol. The number of aliphatic carboxylic acids is 1. The van der Waals surface area contributed by atoms with Crippen LogP contribution in [0.25, 0.3) is 0 Å². The molecule has 2 heterocycles. The van der Waals surface area contributed by atoms with Crippen molar-refractivity contribution in [3.63, 3.8) is 0 Å². The third-order valence-electron chi connectivity index (χ3n) is 3.07. The van der Waals surface area contributed by atoms with E-state index in [2.05, 4.69) is 10.2 Å². The summed E-state index contributed by atoms with van der Waals surface area (Å²) < 4.78 is 0. The summed E-state index contributed by atoms with van der Waals surface area (Å²) in [4.78, 5) is 24.5. The second-order valence-electron chi connectivity index (χ2n) is 4.37. The van der Waals surface area contributed by atoms with Crippen LogP contribution in [0.4, 0.5) is 0 Å². The van der Waals surface area contributed by atoms with Crippen LogP contribution in [0.2, 0.25) is 5.15 Å². The maximum atomic E-state index is 12.1. The Labute approximate surface area is 109 Å². The van der Waals surface area contributed by atoms with E-state index < -0.39 is 11.9 Å². The number of rotatable bonds is 2. The van der Waals surface area contributed by atoms with Crippen molar-refractivity contribution >= 4 is 23.5 Å². The van der Waals surface area contributed by atoms with Gasteiger partial charge in [0.1, 0.15) is 0 Å². The summed E-state index contributed by atoms with van der Waals surface area (Å²) in [5.41, 5.74) is 0.178. The average Bonchev–Trinajstić information content (AvgIpc) is 2.71. The first-order chi connectivity index (χ1) is 8.49. The summed E-state index contributed by atoms with van der Waals surface area (Å²) in [7, 11) is 0. The van der Waals surface area contributed by atoms with Gasteiger partial charge in [0.15, 0.2) is 10.8 Å². The molecule has 0 radical (unpaired) electrons. The number of likely N-dealkylation sites (tertiary alicyclic amines) is 1. The van der Waals surface area contributed by atoms with Crippen LogP contribution in [0.1, 0.15) is 17.4 Å². The molecule has 1 fully saturated rings. The lowest BCUT2D eigenvalue weighted by atomic mass is 9.99. The minimum absolute atomic E-state index is 0.0632. The fourth-order valence-corrected chi connectivity index (χ4v) is 2.15. The monoisotopic (exact) mass is 269 g/mol. The first-order valence-corrected chi connectivity index (χ1v) is 5.88. The van der Waals surface area contributed by atoms with Crippen molar-refractivity contribution in [3.8, 4) is 0 Å². The van der Waals surface area contributed by atoms with Crippen LogP contribution in [0.15, 0.2) is 12.1 Å². The summed E-state index contributed by atoms with van der Waals surface area (Å²) in [6.07, 6.45) is 0. The van der Waals surface area contributed by atoms with Crippen molar-refractivity contribution < 1.29 is 14.7 Å². The lowest BCUT2D eigenvalue weighted by molar-refractivity contribution is -0.142. The molecule has 96 valence electrons. The van der Waals surface area contributed by atoms with Crippen LogP contribution in [-0.4, -0.2) is 45.2 Å². The highest BCUT2D eigenvalue weighted by molar-refractivity contribution is 6.29. The minimum atomic E-state index is -0.875. The molecule has 1 aliphatic heterocycles. The first kappa shape index (κ1) is 12.8. The number of carbonyl (C=O) groups excluding carboxylic acids is 1. The standard InChI is InChI=1S/C11H12ClN3O3/c1-6-4-15(5-7(6)11(17)18)10(16)8-2-3-9(12)14-13-8/h2-3,6-7H,4-5H2,1H3,(H,17,18). The molecule has 7 heteroatoms. The third kappa shape index (κ3) is 2.43. The summed E-state index contributed by atoms with van der Waals surface area (Å²) in [5.74, 6) is -1.77. The number of carboxylic acid groups (broad SMARTS) is 1. The molecule has 2 unspecified atom stereocenters. The lowest BCUT2D eigenvalue weighted by Crippen LogP contribution is -2.30. The number of carbonyl (C=O) groups is 2. The van der Waals surface area contributed by atoms with E-state index >= 15 is 0 Å². The average molecular weight is 270 g/mol. The fourth-order valence-electron chi connectivity index (χ4n) is 2.05. The first-order valence-electron chi connectivity index (χ1n) is 5.50. The minimum Gasteiger partial charge on any atom is -0.481 e. The smallest absolute Gasteiger partial charge is 0.308 e. The van der Waals surface area contributed by atoms with Gasteiger partial charge in [0.2, 0.25) is 0 Å². The molecular formula is C11H12ClN3O3. The normalized spacial score (nSPS) is 23.1. The maximum Gasteiger partial charge on any atom is 0.308 e. The highest BCUT2D eigenvalue weighted by Gasteiger charge is 2.37. The van der Waals surface area contributed by atoms with Crippen LogP contribution in [-0.2, 0) is 4.79 Å². The Morgan fingerprint density at radius 2 is 2.11 bits per heavy atom. The number of aromatic nitrogens is 2. The third-order valence-corrected chi connectivity index (χ3v) is 3.27. The van der Waals surface area contributed by atoms with Crippen molar-refractivity contribution in [1.82, 2.24) is 15.1 Å². The van der Waals surface area contributed by atoms with Gasteiger partial charge in [-0.2, -0.15) is 0 Å². The van der Waals surface area contributed by atoms with Crippen molar-refractivity contribution in [2.45, 2.75) is 6.92 Å². The number of carboxylic acids is 1. The van der Waals surface area contributed by atoms with Gasteiger partial charge in [-0.3, -0.25) is 9.59 Å². The van der Waals surface area contributed by atoms with E-state index in [0.29, 0.717) is 6.54 Å². The quantitative estimate of drug-likeness (QED) is 0.863. The molecular weight excluding hydrogens is 258 g/mol. The Hall–Kier alpha value is -1.69. The van der Waals surface area contributed by atoms with Gasteiger partial charge < -0.3 is 10.0 Å². The molecule has 18 heavy (non-hydrogen) atoms. The van der Waals surface area contributed by atoms with E-state index in [4.69, 9.17) is 16.7 Å². The van der Waals surface area contributed by atoms with Gasteiger partial charge in [0.05, 0.1) is 5.92 Å². The number of hydrogen-bond donors (Lipinski definition) is 1. The molecule has 1 aliphatic rings. The Bertz CT molecular complexity index is 477. The highest BCUT2D eigenvalue weighted by atomic mass is 35.5. The molecule has 1 aromatic rings. The number of hydrogen-bond acceptors (Lipinski definition) is 4. The summed E-state index contributed by atoms with van der Waals surface area (Å²) in [6.45, 7) is 2.44. The second kappa shape index (κ2) is 4.89. The van der Waals surface area contributed by atoms with Crippen LogP contribution in [0, 0.1) is 11.8 Å². The molecule has 1 N–H and O–H groups in total. The van der Waals surface area contributed by atoms with E-state index in [-0.39, 0.29) is 29.2 Å². The summed E-state index contributed by atoms with van der Waals surface area (Å²) >= 11 is 5.59. The van der Waals surface area contributed by atoms with Gasteiger partial charge in [-0.1, -0.05) is 18.5 Å². The van der Waals surface area contributed by atoms with Gasteiger partial charge in [0, 0.05) is 13.1 Å². The van der Waals surface area contributed by atoms with Gasteiger partial charge in [0.25, 0.3) is 5.91 Å². The van der Waals surface area contributed by atoms with Crippen LogP contribution in [0.3, 0.4) is 0 Å². The molecule has 6 nitrogen and oxygen atoms in total. The van der Waals surface area contributed by atoms with Crippen LogP contribution < -0.4 is 0 Å². The Kier molecular flexibility index (Phi) is 3.47. The Balaban J connectivity index is 2.12. The maximum absolute atomic E-state index is 12.1. The van der Waals surface area contributed by atoms with E-state index in [1.807, 2.05) is 6.92 Å². The largest absolute Gasteiger partial charge is 0.481 e. The fraction of sp³-hybridized carbons (Fsp3) is 0.455. The molecule has 1 aromatic heterocycles. The molecule has 0 bridgehead atoms. The molecule has 1 saturated heterocycles. The summed E-state index contributed by atoms with van der Waals surface area (Å²) in [5, 5.41) is 16.5. The molecule has 0 aromatic carbocycles. The van der Waals surface area contributed by atoms with Gasteiger partial charge >= 0.3 is 5.97 Å². The Morgan fingerprint density at radius 3 is 2.61 bits per heavy atom. The van der Waals surface area contributed by atoms with E-state index in [0.717, 1.165) is 0 Å². The molecule has 2 rings (SSSR count). The van der Waals surface area contributed by atoms with Crippen molar-refractivity contribution in [2.24, 2.45) is 11.8 Å². The Morgan fingerprint density at radius 1 is 1.39 bits per heavy atom. The number of nitrogens with zero attached hydrogens (tertiary/aromatic N) is 3. The zero-order valence-electron chi connectivity index (χ0n) is 9.71. The zero-order valence-corrected chi connectivity index (χ0v) is 10.5. The predicted octanol–water partition coefficient (Wildman–Crippen LogP) is 0.923. The molecule has 0 aliphatic carbocycles. The van der Waals surface area contributed by atoms with Gasteiger partial charge in [-0.25, -0.2) is 0 Å². The highest BCUT2D eigenvalue weighted by Crippen LogP contribution is 2.24. The van der Waals surface area contributed by atoms with Crippen LogP contribution in [0.5, 0.6) is 0 Å². The zero-order chi connectivity index (χ0) is 13.3. The topological polar surface area (TPSA) is 83.4 Å². The van der Waals surface area contributed by atoms with Crippen molar-refractivity contribution in [3.05, 3.63) is 23.0 Å². The number of amides is 1. The van der Waals surface area contributed by atoms with Gasteiger partial charge in [-0.15, -0.1) is 10.2 Å². The molecule has 0 spiro atoms. The van der Waals surface area contributed by atoms with Crippen molar-refractivity contribution in [2.75, 3.05) is 13.1 Å². The van der Waals surface area contributed by atoms with E-state index in [1.54, 1.807) is 0 Å². The molecule has 1 amide bonds. The number of halogens is 1. The summed E-state index contributed by atoms with van der Waals surface area (Å²) in [6, 6.07) is 2.96. The lowest BCUT2D eigenvalue weighted by Gasteiger charge is -2.14. The molecule has 0 saturated carbocycles. The van der Waals surface area contributed by atoms with Crippen LogP contribution >= 0.6 is 11.6 Å².